The van der Waals surface area contributed by atoms with E-state index in [1.807, 2.05) is 6.92 Å². The number of anilines is 1. The molecule has 0 bridgehead atoms. The first kappa shape index (κ1) is 16.0. The zero-order valence-electron chi connectivity index (χ0n) is 13.3. The Kier molecular flexibility index (Phi) is 4.46. The molecule has 0 atom stereocenters. The third kappa shape index (κ3) is 3.22. The van der Waals surface area contributed by atoms with Gasteiger partial charge in [0, 0.05) is 23.4 Å². The summed E-state index contributed by atoms with van der Waals surface area (Å²) in [5.41, 5.74) is 1.07. The predicted octanol–water partition coefficient (Wildman–Crippen LogP) is 2.54. The van der Waals surface area contributed by atoms with Gasteiger partial charge in [0.05, 0.1) is 6.61 Å². The number of amides is 1. The number of ketones is 1. The molecule has 1 heterocycles. The molecule has 3 rings (SSSR count). The maximum Gasteiger partial charge on any atom is 0.261 e. The van der Waals surface area contributed by atoms with Crippen LogP contribution in [0.5, 0.6) is 5.75 Å². The molecule has 0 unspecified atom stereocenters. The van der Waals surface area contributed by atoms with Crippen molar-refractivity contribution in [3.05, 3.63) is 57.5 Å². The molecule has 0 saturated heterocycles. The zero-order valence-corrected chi connectivity index (χ0v) is 13.3. The molecule has 1 aromatic carbocycles. The molecule has 1 amide bonds. The lowest BCUT2D eigenvalue weighted by Gasteiger charge is -2.15. The van der Waals surface area contributed by atoms with Gasteiger partial charge in [0.1, 0.15) is 11.3 Å². The van der Waals surface area contributed by atoms with Crippen molar-refractivity contribution < 1.29 is 14.3 Å². The van der Waals surface area contributed by atoms with Crippen molar-refractivity contribution in [1.29, 1.82) is 0 Å². The van der Waals surface area contributed by atoms with E-state index in [9.17, 15) is 14.4 Å². The first-order chi connectivity index (χ1) is 11.6. The lowest BCUT2D eigenvalue weighted by molar-refractivity contribution is 0.0971. The van der Waals surface area contributed by atoms with Crippen LogP contribution in [0.3, 0.4) is 0 Å². The fourth-order valence-electron chi connectivity index (χ4n) is 2.74. The van der Waals surface area contributed by atoms with Crippen LogP contribution in [0.1, 0.15) is 46.2 Å². The van der Waals surface area contributed by atoms with Crippen LogP contribution in [0.4, 0.5) is 5.69 Å². The average Bonchev–Trinajstić information content (AvgIpc) is 2.56. The minimum absolute atomic E-state index is 0.0392. The van der Waals surface area contributed by atoms with E-state index < -0.39 is 11.5 Å². The van der Waals surface area contributed by atoms with Crippen LogP contribution in [0, 0.1) is 0 Å². The molecular formula is C18H18N2O4. The van der Waals surface area contributed by atoms with Crippen LogP contribution in [-0.2, 0) is 6.42 Å². The second-order valence-electron chi connectivity index (χ2n) is 5.59. The third-order valence-electron chi connectivity index (χ3n) is 3.92. The summed E-state index contributed by atoms with van der Waals surface area (Å²) in [4.78, 5) is 39.1. The highest BCUT2D eigenvalue weighted by molar-refractivity contribution is 6.06. The van der Waals surface area contributed by atoms with Gasteiger partial charge >= 0.3 is 0 Å². The number of pyridine rings is 1. The Labute approximate surface area is 138 Å². The Balaban J connectivity index is 1.83. The molecule has 0 radical (unpaired) electrons. The molecule has 1 aliphatic rings. The molecule has 0 saturated carbocycles. The van der Waals surface area contributed by atoms with E-state index in [4.69, 9.17) is 4.74 Å². The molecule has 1 aliphatic carbocycles. The lowest BCUT2D eigenvalue weighted by atomic mass is 9.93. The van der Waals surface area contributed by atoms with E-state index in [0.717, 1.165) is 6.42 Å². The number of fused-ring (bicyclic) bond motifs is 1. The number of aromatic amines is 1. The van der Waals surface area contributed by atoms with Crippen LogP contribution in [0.15, 0.2) is 35.1 Å². The van der Waals surface area contributed by atoms with E-state index in [-0.39, 0.29) is 11.3 Å². The Bertz CT molecular complexity index is 837. The van der Waals surface area contributed by atoms with Crippen molar-refractivity contribution in [2.24, 2.45) is 0 Å². The van der Waals surface area contributed by atoms with Crippen molar-refractivity contribution in [3.8, 4) is 5.75 Å². The predicted molar refractivity (Wildman–Crippen MR) is 89.9 cm³/mol. The number of aromatic nitrogens is 1. The quantitative estimate of drug-likeness (QED) is 0.904. The largest absolute Gasteiger partial charge is 0.494 e. The van der Waals surface area contributed by atoms with Gasteiger partial charge in [-0.15, -0.1) is 0 Å². The van der Waals surface area contributed by atoms with Crippen molar-refractivity contribution >= 4 is 17.4 Å². The van der Waals surface area contributed by atoms with Gasteiger partial charge < -0.3 is 15.0 Å². The van der Waals surface area contributed by atoms with E-state index in [2.05, 4.69) is 10.3 Å². The maximum absolute atomic E-state index is 12.4. The summed E-state index contributed by atoms with van der Waals surface area (Å²) in [6, 6.07) is 8.26. The third-order valence-corrected chi connectivity index (χ3v) is 3.92. The molecule has 0 spiro atoms. The van der Waals surface area contributed by atoms with Gasteiger partial charge in [0.2, 0.25) is 0 Å². The van der Waals surface area contributed by atoms with Crippen molar-refractivity contribution in [2.75, 3.05) is 11.9 Å². The number of hydrogen-bond acceptors (Lipinski definition) is 4. The molecule has 6 nitrogen and oxygen atoms in total. The Hall–Kier alpha value is -2.89. The second-order valence-corrected chi connectivity index (χ2v) is 5.59. The fourth-order valence-corrected chi connectivity index (χ4v) is 2.74. The molecule has 2 aromatic rings. The van der Waals surface area contributed by atoms with Crippen LogP contribution in [-0.4, -0.2) is 23.3 Å². The first-order valence-corrected chi connectivity index (χ1v) is 7.92. The van der Waals surface area contributed by atoms with Gasteiger partial charge in [0.25, 0.3) is 11.5 Å². The highest BCUT2D eigenvalue weighted by Crippen LogP contribution is 2.20. The minimum atomic E-state index is -0.540. The molecule has 0 fully saturated rings. The molecule has 6 heteroatoms. The van der Waals surface area contributed by atoms with Gasteiger partial charge in [-0.3, -0.25) is 14.4 Å². The standard InChI is InChI=1S/C18H18N2O4/c1-2-24-12-8-6-11(7-9-12)19-17(22)14-10-13-15(20-18(14)23)4-3-5-16(13)21/h6-10H,2-5H2,1H3,(H,19,22)(H,20,23). The summed E-state index contributed by atoms with van der Waals surface area (Å²) in [5.74, 6) is 0.122. The van der Waals surface area contributed by atoms with E-state index in [1.165, 1.54) is 6.07 Å². The summed E-state index contributed by atoms with van der Waals surface area (Å²) < 4.78 is 5.34. The molecule has 2 N–H and O–H groups in total. The lowest BCUT2D eigenvalue weighted by Crippen LogP contribution is -2.27. The topological polar surface area (TPSA) is 88.3 Å². The Morgan fingerprint density at radius 2 is 1.96 bits per heavy atom. The molecule has 1 aromatic heterocycles. The van der Waals surface area contributed by atoms with Crippen LogP contribution in [0.25, 0.3) is 0 Å². The molecule has 24 heavy (non-hydrogen) atoms. The Morgan fingerprint density at radius 3 is 2.67 bits per heavy atom. The highest BCUT2D eigenvalue weighted by atomic mass is 16.5. The smallest absolute Gasteiger partial charge is 0.261 e. The number of rotatable bonds is 4. The second kappa shape index (κ2) is 6.70. The average molecular weight is 326 g/mol. The summed E-state index contributed by atoms with van der Waals surface area (Å²) in [6.07, 6.45) is 1.82. The number of carbonyl (C=O) groups excluding carboxylic acids is 2. The summed E-state index contributed by atoms with van der Waals surface area (Å²) in [6.45, 7) is 2.45. The highest BCUT2D eigenvalue weighted by Gasteiger charge is 2.22. The molecule has 0 aliphatic heterocycles. The molecular weight excluding hydrogens is 308 g/mol. The van der Waals surface area contributed by atoms with Crippen LogP contribution in [0.2, 0.25) is 0 Å². The SMILES string of the molecule is CCOc1ccc(NC(=O)c2cc3c([nH]c2=O)CCCC3=O)cc1. The van der Waals surface area contributed by atoms with E-state index in [1.54, 1.807) is 24.3 Å². The van der Waals surface area contributed by atoms with E-state index >= 15 is 0 Å². The number of benzene rings is 1. The monoisotopic (exact) mass is 326 g/mol. The number of ether oxygens (including phenoxy) is 1. The number of carbonyl (C=O) groups is 2. The number of Topliss-reactive ketones (excluding diaryl/α,β-unsaturated/α-hetero) is 1. The maximum atomic E-state index is 12.4. The molecule has 124 valence electrons. The van der Waals surface area contributed by atoms with Crippen molar-refractivity contribution in [3.63, 3.8) is 0 Å². The van der Waals surface area contributed by atoms with E-state index in [0.29, 0.717) is 42.1 Å². The summed E-state index contributed by atoms with van der Waals surface area (Å²) in [5, 5.41) is 2.66. The summed E-state index contributed by atoms with van der Waals surface area (Å²) >= 11 is 0. The zero-order chi connectivity index (χ0) is 17.1. The number of H-pyrrole nitrogens is 1. The number of aryl methyl sites for hydroxylation is 1. The number of nitrogens with one attached hydrogen (secondary N) is 2. The Morgan fingerprint density at radius 1 is 1.21 bits per heavy atom. The fraction of sp³-hybridized carbons (Fsp3) is 0.278. The van der Waals surface area contributed by atoms with Crippen molar-refractivity contribution in [2.45, 2.75) is 26.2 Å². The van der Waals surface area contributed by atoms with Gasteiger partial charge in [-0.1, -0.05) is 0 Å². The first-order valence-electron chi connectivity index (χ1n) is 7.92. The normalized spacial score (nSPS) is 13.3. The van der Waals surface area contributed by atoms with Crippen LogP contribution >= 0.6 is 0 Å². The minimum Gasteiger partial charge on any atom is -0.494 e. The summed E-state index contributed by atoms with van der Waals surface area (Å²) in [7, 11) is 0. The van der Waals surface area contributed by atoms with Gasteiger partial charge in [-0.2, -0.15) is 0 Å². The number of hydrogen-bond donors (Lipinski definition) is 2. The van der Waals surface area contributed by atoms with Gasteiger partial charge in [0.15, 0.2) is 5.78 Å². The van der Waals surface area contributed by atoms with Gasteiger partial charge in [-0.05, 0) is 50.1 Å². The van der Waals surface area contributed by atoms with Crippen LogP contribution < -0.4 is 15.6 Å². The van der Waals surface area contributed by atoms with Crippen molar-refractivity contribution in [1.82, 2.24) is 4.98 Å². The van der Waals surface area contributed by atoms with Gasteiger partial charge in [-0.25, -0.2) is 0 Å².